The van der Waals surface area contributed by atoms with Crippen LogP contribution in [0, 0.1) is 0 Å². The molecule has 0 saturated carbocycles. The lowest BCUT2D eigenvalue weighted by molar-refractivity contribution is -0.116. The molecule has 0 aliphatic carbocycles. The minimum atomic E-state index is -0.208. The summed E-state index contributed by atoms with van der Waals surface area (Å²) in [6, 6.07) is 11.7. The van der Waals surface area contributed by atoms with Crippen molar-refractivity contribution in [3.63, 3.8) is 0 Å². The van der Waals surface area contributed by atoms with Gasteiger partial charge in [-0.05, 0) is 29.8 Å². The summed E-state index contributed by atoms with van der Waals surface area (Å²) in [4.78, 5) is 17.3. The molecular weight excluding hydrogens is 416 g/mol. The summed E-state index contributed by atoms with van der Waals surface area (Å²) in [7, 11) is 4.71. The van der Waals surface area contributed by atoms with Crippen molar-refractivity contribution in [1.82, 2.24) is 14.8 Å². The largest absolute Gasteiger partial charge is 0.493 e. The molecule has 2 aromatic heterocycles. The SMILES string of the molecule is COc1cc([C@@H]2CC(=O)Nc3c2cnn3-c2nc3ccccc3s2)cc(OC)c1OC. The molecule has 0 unspecified atom stereocenters. The van der Waals surface area contributed by atoms with E-state index in [1.165, 1.54) is 11.3 Å². The first-order valence-electron chi connectivity index (χ1n) is 9.66. The minimum absolute atomic E-state index is 0.0888. The molecule has 1 N–H and O–H groups in total. The quantitative estimate of drug-likeness (QED) is 0.509. The molecule has 1 aliphatic rings. The Morgan fingerprint density at radius 2 is 1.84 bits per heavy atom. The van der Waals surface area contributed by atoms with E-state index in [1.807, 2.05) is 36.4 Å². The fourth-order valence-electron chi connectivity index (χ4n) is 3.92. The van der Waals surface area contributed by atoms with E-state index in [-0.39, 0.29) is 18.2 Å². The number of carbonyl (C=O) groups excluding carboxylic acids is 1. The fourth-order valence-corrected chi connectivity index (χ4v) is 4.85. The van der Waals surface area contributed by atoms with Crippen molar-refractivity contribution < 1.29 is 19.0 Å². The summed E-state index contributed by atoms with van der Waals surface area (Å²) in [5.41, 5.74) is 2.69. The van der Waals surface area contributed by atoms with Crippen molar-refractivity contribution in [1.29, 1.82) is 0 Å². The number of benzene rings is 2. The van der Waals surface area contributed by atoms with E-state index in [9.17, 15) is 4.79 Å². The molecule has 4 aromatic rings. The Labute approximate surface area is 182 Å². The van der Waals surface area contributed by atoms with E-state index in [0.717, 1.165) is 21.3 Å². The maximum Gasteiger partial charge on any atom is 0.226 e. The van der Waals surface area contributed by atoms with Gasteiger partial charge >= 0.3 is 0 Å². The number of hydrogen-bond donors (Lipinski definition) is 1. The zero-order valence-electron chi connectivity index (χ0n) is 17.2. The summed E-state index contributed by atoms with van der Waals surface area (Å²) < 4.78 is 19.2. The van der Waals surface area contributed by atoms with Crippen molar-refractivity contribution in [2.24, 2.45) is 0 Å². The molecule has 158 valence electrons. The molecular formula is C22H20N4O4S. The van der Waals surface area contributed by atoms with Gasteiger partial charge < -0.3 is 19.5 Å². The van der Waals surface area contributed by atoms with Gasteiger partial charge in [0.15, 0.2) is 11.5 Å². The van der Waals surface area contributed by atoms with E-state index >= 15 is 0 Å². The van der Waals surface area contributed by atoms with Crippen LogP contribution in [0.3, 0.4) is 0 Å². The number of nitrogens with one attached hydrogen (secondary N) is 1. The van der Waals surface area contributed by atoms with Crippen LogP contribution in [0.15, 0.2) is 42.6 Å². The number of anilines is 1. The minimum Gasteiger partial charge on any atom is -0.493 e. The molecule has 2 aromatic carbocycles. The van der Waals surface area contributed by atoms with Crippen molar-refractivity contribution >= 4 is 33.3 Å². The normalized spacial score (nSPS) is 15.5. The lowest BCUT2D eigenvalue weighted by atomic mass is 9.87. The molecule has 0 bridgehead atoms. The molecule has 1 aliphatic heterocycles. The van der Waals surface area contributed by atoms with Gasteiger partial charge in [0.2, 0.25) is 16.8 Å². The van der Waals surface area contributed by atoms with E-state index in [2.05, 4.69) is 15.4 Å². The Bertz CT molecular complexity index is 1240. The number of amides is 1. The maximum atomic E-state index is 12.6. The smallest absolute Gasteiger partial charge is 0.226 e. The van der Waals surface area contributed by atoms with Gasteiger partial charge in [-0.1, -0.05) is 23.5 Å². The molecule has 8 nitrogen and oxygen atoms in total. The van der Waals surface area contributed by atoms with Crippen molar-refractivity contribution in [3.8, 4) is 22.4 Å². The van der Waals surface area contributed by atoms with E-state index in [4.69, 9.17) is 14.2 Å². The topological polar surface area (TPSA) is 87.5 Å². The van der Waals surface area contributed by atoms with Crippen LogP contribution < -0.4 is 19.5 Å². The van der Waals surface area contributed by atoms with Gasteiger partial charge in [-0.3, -0.25) is 4.79 Å². The predicted molar refractivity (Wildman–Crippen MR) is 118 cm³/mol. The number of nitrogens with zero attached hydrogens (tertiary/aromatic N) is 3. The number of hydrogen-bond acceptors (Lipinski definition) is 7. The Morgan fingerprint density at radius 3 is 2.52 bits per heavy atom. The highest BCUT2D eigenvalue weighted by atomic mass is 32.1. The molecule has 0 saturated heterocycles. The number of methoxy groups -OCH3 is 3. The number of fused-ring (bicyclic) bond motifs is 2. The number of thiazole rings is 1. The van der Waals surface area contributed by atoms with Crippen molar-refractivity contribution in [2.75, 3.05) is 26.6 Å². The number of rotatable bonds is 5. The molecule has 0 fully saturated rings. The van der Waals surface area contributed by atoms with Gasteiger partial charge in [-0.25, -0.2) is 4.98 Å². The summed E-state index contributed by atoms with van der Waals surface area (Å²) in [6.45, 7) is 0. The zero-order chi connectivity index (χ0) is 21.5. The third-order valence-corrected chi connectivity index (χ3v) is 6.39. The molecule has 9 heteroatoms. The standard InChI is InChI=1S/C22H20N4O4S/c1-28-16-8-12(9-17(29-2)20(16)30-3)13-10-19(27)25-21-14(13)11-23-26(21)22-24-15-6-4-5-7-18(15)31-22/h4-9,11,13H,10H2,1-3H3,(H,25,27)/t13-/m0/s1. The van der Waals surface area contributed by atoms with Crippen molar-refractivity contribution in [3.05, 3.63) is 53.7 Å². The van der Waals surface area contributed by atoms with Crippen LogP contribution in [-0.2, 0) is 4.79 Å². The van der Waals surface area contributed by atoms with Crippen molar-refractivity contribution in [2.45, 2.75) is 12.3 Å². The number of carbonyl (C=O) groups is 1. The third-order valence-electron chi connectivity index (χ3n) is 5.37. The second kappa shape index (κ2) is 7.59. The molecule has 0 radical (unpaired) electrons. The zero-order valence-corrected chi connectivity index (χ0v) is 18.0. The fraction of sp³-hybridized carbons (Fsp3) is 0.227. The van der Waals surface area contributed by atoms with Gasteiger partial charge in [0.1, 0.15) is 5.82 Å². The summed E-state index contributed by atoms with van der Waals surface area (Å²) in [5, 5.41) is 8.23. The van der Waals surface area contributed by atoms with Gasteiger partial charge in [0, 0.05) is 17.9 Å². The first-order chi connectivity index (χ1) is 15.1. The second-order valence-corrected chi connectivity index (χ2v) is 8.10. The molecule has 3 heterocycles. The maximum absolute atomic E-state index is 12.6. The molecule has 1 amide bonds. The summed E-state index contributed by atoms with van der Waals surface area (Å²) in [6.07, 6.45) is 2.08. The second-order valence-electron chi connectivity index (χ2n) is 7.09. The van der Waals surface area contributed by atoms with E-state index < -0.39 is 0 Å². The number of ether oxygens (including phenoxy) is 3. The van der Waals surface area contributed by atoms with E-state index in [0.29, 0.717) is 28.2 Å². The average molecular weight is 436 g/mol. The molecule has 31 heavy (non-hydrogen) atoms. The van der Waals surface area contributed by atoms with Crippen LogP contribution in [0.4, 0.5) is 5.82 Å². The van der Waals surface area contributed by atoms with Gasteiger partial charge in [0.05, 0.1) is 37.7 Å². The highest BCUT2D eigenvalue weighted by Gasteiger charge is 2.32. The van der Waals surface area contributed by atoms with Crippen LogP contribution in [0.5, 0.6) is 17.2 Å². The van der Waals surface area contributed by atoms with Gasteiger partial charge in [-0.15, -0.1) is 0 Å². The Hall–Kier alpha value is -3.59. The number of para-hydroxylation sites is 1. The first-order valence-corrected chi connectivity index (χ1v) is 10.5. The molecule has 5 rings (SSSR count). The summed E-state index contributed by atoms with van der Waals surface area (Å²) >= 11 is 1.52. The highest BCUT2D eigenvalue weighted by Crippen LogP contribution is 2.45. The predicted octanol–water partition coefficient (Wildman–Crippen LogP) is 3.98. The first kappa shape index (κ1) is 19.4. The summed E-state index contributed by atoms with van der Waals surface area (Å²) in [5.74, 6) is 1.94. The average Bonchev–Trinajstić information content (AvgIpc) is 3.41. The number of aromatic nitrogens is 3. The molecule has 1 atom stereocenters. The Kier molecular flexibility index (Phi) is 4.74. The highest BCUT2D eigenvalue weighted by molar-refractivity contribution is 7.20. The van der Waals surface area contributed by atoms with Crippen LogP contribution in [0.2, 0.25) is 0 Å². The van der Waals surface area contributed by atoms with Gasteiger partial charge in [0.25, 0.3) is 0 Å². The Morgan fingerprint density at radius 1 is 1.10 bits per heavy atom. The molecule has 0 spiro atoms. The van der Waals surface area contributed by atoms with E-state index in [1.54, 1.807) is 32.2 Å². The van der Waals surface area contributed by atoms with Crippen LogP contribution in [0.1, 0.15) is 23.5 Å². The van der Waals surface area contributed by atoms with Crippen LogP contribution in [0.25, 0.3) is 15.3 Å². The Balaban J connectivity index is 1.62. The third kappa shape index (κ3) is 3.17. The van der Waals surface area contributed by atoms with Crippen LogP contribution >= 0.6 is 11.3 Å². The lowest BCUT2D eigenvalue weighted by Crippen LogP contribution is -2.24. The monoisotopic (exact) mass is 436 g/mol. The lowest BCUT2D eigenvalue weighted by Gasteiger charge is -2.24. The van der Waals surface area contributed by atoms with Gasteiger partial charge in [-0.2, -0.15) is 9.78 Å². The van der Waals surface area contributed by atoms with Crippen LogP contribution in [-0.4, -0.2) is 42.0 Å².